The molecule has 0 aliphatic heterocycles. The zero-order valence-corrected chi connectivity index (χ0v) is 24.4. The highest BCUT2D eigenvalue weighted by atomic mass is 32.2. The van der Waals surface area contributed by atoms with E-state index >= 15 is 0 Å². The first-order valence-corrected chi connectivity index (χ1v) is 14.5. The summed E-state index contributed by atoms with van der Waals surface area (Å²) in [5.74, 6) is -1.58. The topological polar surface area (TPSA) is 90.0 Å². The zero-order chi connectivity index (χ0) is 29.4. The number of anilines is 1. The van der Waals surface area contributed by atoms with Crippen molar-refractivity contribution in [3.63, 3.8) is 0 Å². The number of likely N-dealkylation sites (N-methyl/N-ethyl adjacent to an activating group) is 1. The molecule has 3 rings (SSSR count). The summed E-state index contributed by atoms with van der Waals surface area (Å²) in [5, 5.41) is 2.79. The van der Waals surface area contributed by atoms with Crippen LogP contribution in [0.1, 0.15) is 29.2 Å². The summed E-state index contributed by atoms with van der Waals surface area (Å²) >= 11 is 0. The van der Waals surface area contributed by atoms with Crippen LogP contribution in [0.25, 0.3) is 0 Å². The third kappa shape index (κ3) is 7.45. The Kier molecular flexibility index (Phi) is 10.4. The fraction of sp³-hybridized carbons (Fsp3) is 0.333. The molecular weight excluding hydrogens is 531 g/mol. The van der Waals surface area contributed by atoms with Gasteiger partial charge in [0.1, 0.15) is 18.4 Å². The number of carbonyl (C=O) groups excluding carboxylic acids is 2. The Bertz CT molecular complexity index is 1430. The van der Waals surface area contributed by atoms with Gasteiger partial charge in [0.05, 0.1) is 5.69 Å². The molecule has 214 valence electrons. The van der Waals surface area contributed by atoms with E-state index in [9.17, 15) is 22.4 Å². The predicted molar refractivity (Wildman–Crippen MR) is 155 cm³/mol. The number of hydrogen-bond acceptors (Lipinski definition) is 4. The van der Waals surface area contributed by atoms with Gasteiger partial charge in [0.15, 0.2) is 0 Å². The van der Waals surface area contributed by atoms with Crippen molar-refractivity contribution in [2.24, 2.45) is 0 Å². The molecule has 0 saturated carbocycles. The number of amides is 2. The van der Waals surface area contributed by atoms with Gasteiger partial charge in [-0.05, 0) is 49.6 Å². The van der Waals surface area contributed by atoms with Gasteiger partial charge in [-0.1, -0.05) is 60.7 Å². The standard InChI is InChI=1S/C30H37FN4O4S/c1-6-32-30(37)28(19-24-12-8-7-9-13-24)34(20-25-14-10-11-15-26(25)31)29(36)21-35(40(38,39)33(4)5)27-18-22(2)16-17-23(27)3/h7-18,28H,6,19-21H2,1-5H3,(H,32,37). The summed E-state index contributed by atoms with van der Waals surface area (Å²) in [6.45, 7) is 4.90. The Balaban J connectivity index is 2.12. The molecule has 1 N–H and O–H groups in total. The molecule has 1 unspecified atom stereocenters. The largest absolute Gasteiger partial charge is 0.355 e. The lowest BCUT2D eigenvalue weighted by atomic mass is 10.0. The molecule has 1 atom stereocenters. The summed E-state index contributed by atoms with van der Waals surface area (Å²) in [6.07, 6.45) is 0.163. The maximum absolute atomic E-state index is 14.8. The first kappa shape index (κ1) is 30.8. The SMILES string of the molecule is CCNC(=O)C(Cc1ccccc1)N(Cc1ccccc1F)C(=O)CN(c1cc(C)ccc1C)S(=O)(=O)N(C)C. The van der Waals surface area contributed by atoms with E-state index in [0.29, 0.717) is 17.8 Å². The summed E-state index contributed by atoms with van der Waals surface area (Å²) in [7, 11) is -1.33. The molecule has 0 radical (unpaired) electrons. The highest BCUT2D eigenvalue weighted by Crippen LogP contribution is 2.26. The Labute approximate surface area is 236 Å². The minimum absolute atomic E-state index is 0.163. The predicted octanol–water partition coefficient (Wildman–Crippen LogP) is 3.83. The highest BCUT2D eigenvalue weighted by Gasteiger charge is 2.35. The minimum Gasteiger partial charge on any atom is -0.355 e. The number of hydrogen-bond donors (Lipinski definition) is 1. The maximum Gasteiger partial charge on any atom is 0.304 e. The van der Waals surface area contributed by atoms with E-state index < -0.39 is 40.4 Å². The smallest absolute Gasteiger partial charge is 0.304 e. The molecule has 0 saturated heterocycles. The lowest BCUT2D eigenvalue weighted by molar-refractivity contribution is -0.140. The van der Waals surface area contributed by atoms with E-state index in [4.69, 9.17) is 0 Å². The average Bonchev–Trinajstić information content (AvgIpc) is 2.92. The molecular formula is C30H37FN4O4S. The Hall–Kier alpha value is -3.76. The first-order valence-electron chi connectivity index (χ1n) is 13.1. The molecule has 3 aromatic carbocycles. The van der Waals surface area contributed by atoms with Crippen molar-refractivity contribution < 1.29 is 22.4 Å². The molecule has 40 heavy (non-hydrogen) atoms. The second kappa shape index (κ2) is 13.5. The summed E-state index contributed by atoms with van der Waals surface area (Å²) in [6, 6.07) is 19.6. The number of aryl methyl sites for hydroxylation is 2. The minimum atomic E-state index is -4.11. The van der Waals surface area contributed by atoms with E-state index in [1.165, 1.54) is 25.1 Å². The monoisotopic (exact) mass is 568 g/mol. The van der Waals surface area contributed by atoms with Gasteiger partial charge in [0.2, 0.25) is 11.8 Å². The van der Waals surface area contributed by atoms with Gasteiger partial charge in [-0.2, -0.15) is 12.7 Å². The van der Waals surface area contributed by atoms with Crippen LogP contribution in [0.4, 0.5) is 10.1 Å². The Morgan fingerprint density at radius 1 is 0.950 bits per heavy atom. The average molecular weight is 569 g/mol. The van der Waals surface area contributed by atoms with Crippen LogP contribution in [0.3, 0.4) is 0 Å². The van der Waals surface area contributed by atoms with Crippen LogP contribution in [0.5, 0.6) is 0 Å². The van der Waals surface area contributed by atoms with E-state index in [2.05, 4.69) is 5.32 Å². The van der Waals surface area contributed by atoms with Crippen molar-refractivity contribution in [2.45, 2.75) is 39.8 Å². The van der Waals surface area contributed by atoms with Crippen LogP contribution in [0.2, 0.25) is 0 Å². The van der Waals surface area contributed by atoms with Crippen molar-refractivity contribution in [1.82, 2.24) is 14.5 Å². The fourth-order valence-electron chi connectivity index (χ4n) is 4.35. The third-order valence-corrected chi connectivity index (χ3v) is 8.38. The second-order valence-electron chi connectivity index (χ2n) is 9.80. The van der Waals surface area contributed by atoms with Gasteiger partial charge in [-0.3, -0.25) is 9.59 Å². The molecule has 2 amide bonds. The van der Waals surface area contributed by atoms with Crippen molar-refractivity contribution >= 4 is 27.7 Å². The molecule has 10 heteroatoms. The van der Waals surface area contributed by atoms with Gasteiger partial charge in [0, 0.05) is 39.2 Å². The highest BCUT2D eigenvalue weighted by molar-refractivity contribution is 7.90. The lowest BCUT2D eigenvalue weighted by Gasteiger charge is -2.34. The summed E-state index contributed by atoms with van der Waals surface area (Å²) < 4.78 is 43.9. The van der Waals surface area contributed by atoms with E-state index in [1.807, 2.05) is 43.3 Å². The molecule has 0 heterocycles. The van der Waals surface area contributed by atoms with Crippen molar-refractivity contribution in [1.29, 1.82) is 0 Å². The third-order valence-electron chi connectivity index (χ3n) is 6.57. The molecule has 0 spiro atoms. The zero-order valence-electron chi connectivity index (χ0n) is 23.6. The van der Waals surface area contributed by atoms with Gasteiger partial charge in [-0.15, -0.1) is 0 Å². The maximum atomic E-state index is 14.8. The lowest BCUT2D eigenvalue weighted by Crippen LogP contribution is -2.54. The van der Waals surface area contributed by atoms with Crippen molar-refractivity contribution in [2.75, 3.05) is 31.5 Å². The van der Waals surface area contributed by atoms with Crippen LogP contribution in [0.15, 0.2) is 72.8 Å². The molecule has 0 aliphatic rings. The normalized spacial score (nSPS) is 12.2. The molecule has 0 fully saturated rings. The Morgan fingerprint density at radius 2 is 1.60 bits per heavy atom. The summed E-state index contributed by atoms with van der Waals surface area (Å²) in [5.41, 5.74) is 2.85. The van der Waals surface area contributed by atoms with Crippen LogP contribution in [0, 0.1) is 19.7 Å². The molecule has 3 aromatic rings. The number of nitrogens with one attached hydrogen (secondary N) is 1. The van der Waals surface area contributed by atoms with Crippen LogP contribution < -0.4 is 9.62 Å². The second-order valence-corrected chi connectivity index (χ2v) is 11.9. The van der Waals surface area contributed by atoms with Gasteiger partial charge < -0.3 is 10.2 Å². The number of carbonyl (C=O) groups is 2. The van der Waals surface area contributed by atoms with E-state index in [-0.39, 0.29) is 18.5 Å². The van der Waals surface area contributed by atoms with Crippen LogP contribution in [-0.2, 0) is 32.8 Å². The summed E-state index contributed by atoms with van der Waals surface area (Å²) in [4.78, 5) is 28.8. The quantitative estimate of drug-likeness (QED) is 0.360. The van der Waals surface area contributed by atoms with Crippen molar-refractivity contribution in [3.8, 4) is 0 Å². The Morgan fingerprint density at radius 3 is 2.23 bits per heavy atom. The van der Waals surface area contributed by atoms with Crippen LogP contribution in [-0.4, -0.2) is 62.7 Å². The van der Waals surface area contributed by atoms with Gasteiger partial charge in [-0.25, -0.2) is 8.70 Å². The number of benzene rings is 3. The van der Waals surface area contributed by atoms with Gasteiger partial charge in [0.25, 0.3) is 0 Å². The molecule has 0 bridgehead atoms. The van der Waals surface area contributed by atoms with E-state index in [1.54, 1.807) is 44.2 Å². The molecule has 0 aliphatic carbocycles. The van der Waals surface area contributed by atoms with E-state index in [0.717, 1.165) is 19.7 Å². The molecule has 0 aromatic heterocycles. The fourth-order valence-corrected chi connectivity index (χ4v) is 5.46. The van der Waals surface area contributed by atoms with Crippen molar-refractivity contribution in [3.05, 3.63) is 101 Å². The van der Waals surface area contributed by atoms with Gasteiger partial charge >= 0.3 is 10.2 Å². The molecule has 8 nitrogen and oxygen atoms in total. The number of rotatable bonds is 12. The number of nitrogens with zero attached hydrogens (tertiary/aromatic N) is 3. The first-order chi connectivity index (χ1) is 18.9. The van der Waals surface area contributed by atoms with Crippen LogP contribution >= 0.6 is 0 Å². The number of halogens is 1.